The second-order valence-corrected chi connectivity index (χ2v) is 7.03. The molecule has 7 nitrogen and oxygen atoms in total. The summed E-state index contributed by atoms with van der Waals surface area (Å²) in [5, 5.41) is 18.2. The van der Waals surface area contributed by atoms with Gasteiger partial charge in [0.2, 0.25) is 5.95 Å². The topological polar surface area (TPSA) is 108 Å². The van der Waals surface area contributed by atoms with Crippen molar-refractivity contribution in [3.8, 4) is 12.1 Å². The minimum atomic E-state index is -2.91. The van der Waals surface area contributed by atoms with E-state index in [0.29, 0.717) is 40.3 Å². The maximum Gasteiger partial charge on any atom is 0.266 e. The number of rotatable bonds is 3. The van der Waals surface area contributed by atoms with E-state index < -0.39 is 12.0 Å². The fourth-order valence-electron chi connectivity index (χ4n) is 3.44. The second-order valence-electron chi connectivity index (χ2n) is 7.03. The third-order valence-electron chi connectivity index (χ3n) is 5.09. The summed E-state index contributed by atoms with van der Waals surface area (Å²) in [6.07, 6.45) is 1.13. The Morgan fingerprint density at radius 2 is 1.93 bits per heavy atom. The van der Waals surface area contributed by atoms with E-state index in [1.807, 2.05) is 10.6 Å². The van der Waals surface area contributed by atoms with Crippen molar-refractivity contribution in [2.45, 2.75) is 24.9 Å². The summed E-state index contributed by atoms with van der Waals surface area (Å²) in [4.78, 5) is 10.7. The van der Waals surface area contributed by atoms with Gasteiger partial charge in [-0.25, -0.2) is 13.8 Å². The highest BCUT2D eigenvalue weighted by atomic mass is 19.3. The van der Waals surface area contributed by atoms with Gasteiger partial charge >= 0.3 is 0 Å². The number of aromatic nitrogens is 3. The van der Waals surface area contributed by atoms with Crippen molar-refractivity contribution in [3.63, 3.8) is 0 Å². The van der Waals surface area contributed by atoms with E-state index in [-0.39, 0.29) is 19.5 Å². The van der Waals surface area contributed by atoms with Crippen LogP contribution in [0.2, 0.25) is 0 Å². The van der Waals surface area contributed by atoms with E-state index in [1.165, 1.54) is 6.20 Å². The van der Waals surface area contributed by atoms with Gasteiger partial charge in [0.15, 0.2) is 0 Å². The molecule has 146 valence electrons. The standard InChI is InChI=1S/C20H17F2N7/c21-20(22)5-6-28(12-18(20)25)19-27-16-4-2-13(8-23)7-17(16)29(19)11-15-3-1-14(9-24)10-26-15/h1-4,7,10,18H,5-6,11-12,25H2. The maximum absolute atomic E-state index is 13.9. The first-order valence-corrected chi connectivity index (χ1v) is 9.05. The lowest BCUT2D eigenvalue weighted by Crippen LogP contribution is -2.55. The number of piperidine rings is 1. The van der Waals surface area contributed by atoms with Crippen LogP contribution in [0, 0.1) is 22.7 Å². The SMILES string of the molecule is N#Cc1ccc(Cn2c(N3CCC(F)(F)C(N)C3)nc3ccc(C#N)cc32)nc1. The first-order chi connectivity index (χ1) is 13.9. The number of halogens is 2. The van der Waals surface area contributed by atoms with Crippen molar-refractivity contribution in [2.75, 3.05) is 18.0 Å². The third kappa shape index (κ3) is 3.48. The van der Waals surface area contributed by atoms with E-state index in [9.17, 15) is 14.0 Å². The zero-order valence-electron chi connectivity index (χ0n) is 15.4. The Balaban J connectivity index is 1.78. The van der Waals surface area contributed by atoms with Crippen molar-refractivity contribution in [2.24, 2.45) is 5.73 Å². The molecular weight excluding hydrogens is 376 g/mol. The molecule has 1 aliphatic heterocycles. The maximum atomic E-state index is 13.9. The van der Waals surface area contributed by atoms with Gasteiger partial charge in [-0.2, -0.15) is 10.5 Å². The summed E-state index contributed by atoms with van der Waals surface area (Å²) < 4.78 is 29.6. The predicted octanol–water partition coefficient (Wildman–Crippen LogP) is 2.40. The zero-order valence-corrected chi connectivity index (χ0v) is 15.4. The molecule has 1 aliphatic rings. The largest absolute Gasteiger partial charge is 0.340 e. The Kier molecular flexibility index (Phi) is 4.61. The molecule has 3 heterocycles. The molecule has 0 saturated carbocycles. The number of anilines is 1. The Morgan fingerprint density at radius 1 is 1.17 bits per heavy atom. The summed E-state index contributed by atoms with van der Waals surface area (Å²) in [6.45, 7) is 0.409. The predicted molar refractivity (Wildman–Crippen MR) is 102 cm³/mol. The van der Waals surface area contributed by atoms with Gasteiger partial charge in [0.1, 0.15) is 6.07 Å². The molecule has 0 amide bonds. The van der Waals surface area contributed by atoms with Crippen LogP contribution in [0.3, 0.4) is 0 Å². The van der Waals surface area contributed by atoms with Crippen LogP contribution in [0.1, 0.15) is 23.2 Å². The molecule has 2 N–H and O–H groups in total. The number of alkyl halides is 2. The van der Waals surface area contributed by atoms with E-state index in [0.717, 1.165) is 0 Å². The lowest BCUT2D eigenvalue weighted by Gasteiger charge is -2.37. The summed E-state index contributed by atoms with van der Waals surface area (Å²) in [7, 11) is 0. The van der Waals surface area contributed by atoms with Crippen molar-refractivity contribution in [1.29, 1.82) is 10.5 Å². The minimum absolute atomic E-state index is 0.0256. The fraction of sp³-hybridized carbons (Fsp3) is 0.300. The number of nitriles is 2. The van der Waals surface area contributed by atoms with Crippen LogP contribution in [0.4, 0.5) is 14.7 Å². The summed E-state index contributed by atoms with van der Waals surface area (Å²) in [6, 6.07) is 11.4. The van der Waals surface area contributed by atoms with Crippen molar-refractivity contribution in [3.05, 3.63) is 53.3 Å². The number of benzene rings is 1. The molecule has 29 heavy (non-hydrogen) atoms. The number of fused-ring (bicyclic) bond motifs is 1. The number of imidazole rings is 1. The average Bonchev–Trinajstić information content (AvgIpc) is 3.08. The van der Waals surface area contributed by atoms with Crippen LogP contribution in [0.15, 0.2) is 36.5 Å². The first kappa shape index (κ1) is 18.8. The molecule has 1 saturated heterocycles. The van der Waals surface area contributed by atoms with Gasteiger partial charge in [-0.1, -0.05) is 0 Å². The quantitative estimate of drug-likeness (QED) is 0.732. The number of pyridine rings is 1. The van der Waals surface area contributed by atoms with Crippen LogP contribution in [-0.2, 0) is 6.54 Å². The van der Waals surface area contributed by atoms with Gasteiger partial charge in [-0.05, 0) is 30.3 Å². The molecule has 2 aromatic heterocycles. The molecule has 1 unspecified atom stereocenters. The molecule has 4 rings (SSSR count). The molecule has 1 atom stereocenters. The number of hydrogen-bond donors (Lipinski definition) is 1. The lowest BCUT2D eigenvalue weighted by molar-refractivity contribution is -0.0395. The van der Waals surface area contributed by atoms with E-state index >= 15 is 0 Å². The molecule has 3 aromatic rings. The Bertz CT molecular complexity index is 1140. The monoisotopic (exact) mass is 393 g/mol. The summed E-state index contributed by atoms with van der Waals surface area (Å²) in [5.41, 5.74) is 8.65. The van der Waals surface area contributed by atoms with Crippen LogP contribution < -0.4 is 10.6 Å². The Labute approximate surface area is 165 Å². The molecule has 0 bridgehead atoms. The van der Waals surface area contributed by atoms with E-state index in [4.69, 9.17) is 11.0 Å². The normalized spacial score (nSPS) is 18.4. The average molecular weight is 393 g/mol. The Hall–Kier alpha value is -3.56. The molecule has 1 fully saturated rings. The van der Waals surface area contributed by atoms with Gasteiger partial charge in [0, 0.05) is 25.7 Å². The van der Waals surface area contributed by atoms with Crippen molar-refractivity contribution < 1.29 is 8.78 Å². The van der Waals surface area contributed by atoms with Crippen LogP contribution in [0.5, 0.6) is 0 Å². The summed E-state index contributed by atoms with van der Waals surface area (Å²) >= 11 is 0. The molecule has 9 heteroatoms. The van der Waals surface area contributed by atoms with Gasteiger partial charge in [0.05, 0.1) is 46.5 Å². The third-order valence-corrected chi connectivity index (χ3v) is 5.09. The fourth-order valence-corrected chi connectivity index (χ4v) is 3.44. The highest BCUT2D eigenvalue weighted by Crippen LogP contribution is 2.32. The number of nitrogens with zero attached hydrogens (tertiary/aromatic N) is 6. The van der Waals surface area contributed by atoms with Gasteiger partial charge in [-0.3, -0.25) is 4.98 Å². The number of nitrogens with two attached hydrogens (primary N) is 1. The zero-order chi connectivity index (χ0) is 20.6. The van der Waals surface area contributed by atoms with Gasteiger partial charge in [-0.15, -0.1) is 0 Å². The van der Waals surface area contributed by atoms with Gasteiger partial charge < -0.3 is 15.2 Å². The van der Waals surface area contributed by atoms with E-state index in [1.54, 1.807) is 35.2 Å². The van der Waals surface area contributed by atoms with Crippen molar-refractivity contribution in [1.82, 2.24) is 14.5 Å². The van der Waals surface area contributed by atoms with Crippen LogP contribution in [0.25, 0.3) is 11.0 Å². The second kappa shape index (κ2) is 7.12. The highest BCUT2D eigenvalue weighted by Gasteiger charge is 2.42. The first-order valence-electron chi connectivity index (χ1n) is 9.05. The minimum Gasteiger partial charge on any atom is -0.340 e. The number of hydrogen-bond acceptors (Lipinski definition) is 6. The smallest absolute Gasteiger partial charge is 0.266 e. The van der Waals surface area contributed by atoms with Gasteiger partial charge in [0.25, 0.3) is 5.92 Å². The van der Waals surface area contributed by atoms with Crippen molar-refractivity contribution >= 4 is 17.0 Å². The molecular formula is C20H17F2N7. The van der Waals surface area contributed by atoms with Crippen LogP contribution in [-0.4, -0.2) is 39.6 Å². The lowest BCUT2D eigenvalue weighted by atomic mass is 10.0. The molecule has 1 aromatic carbocycles. The summed E-state index contributed by atoms with van der Waals surface area (Å²) in [5.74, 6) is -2.40. The Morgan fingerprint density at radius 3 is 2.59 bits per heavy atom. The molecule has 0 radical (unpaired) electrons. The van der Waals surface area contributed by atoms with E-state index in [2.05, 4.69) is 16.0 Å². The highest BCUT2D eigenvalue weighted by molar-refractivity contribution is 5.80. The molecule has 0 spiro atoms. The molecule has 0 aliphatic carbocycles. The van der Waals surface area contributed by atoms with Crippen LogP contribution >= 0.6 is 0 Å².